The number of nitrogens with one attached hydrogen (secondary N) is 2. The molecule has 0 aliphatic carbocycles. The molecule has 0 fully saturated rings. The van der Waals surface area contributed by atoms with E-state index in [0.717, 1.165) is 22.0 Å². The molecular formula is C23H21N3O4S. The molecule has 0 saturated heterocycles. The van der Waals surface area contributed by atoms with Crippen LogP contribution in [-0.2, 0) is 0 Å². The number of fused-ring (bicyclic) bond motifs is 3. The first kappa shape index (κ1) is 19.6. The Morgan fingerprint density at radius 1 is 1.23 bits per heavy atom. The van der Waals surface area contributed by atoms with Crippen molar-refractivity contribution in [1.29, 1.82) is 0 Å². The Hall–Kier alpha value is -3.39. The second-order valence-electron chi connectivity index (χ2n) is 7.53. The van der Waals surface area contributed by atoms with Crippen LogP contribution in [0.2, 0.25) is 0 Å². The molecule has 7 nitrogen and oxygen atoms in total. The van der Waals surface area contributed by atoms with Gasteiger partial charge in [0.1, 0.15) is 18.4 Å². The number of rotatable bonds is 4. The van der Waals surface area contributed by atoms with Gasteiger partial charge in [-0.05, 0) is 60.8 Å². The topological polar surface area (TPSA) is 81.6 Å². The highest BCUT2D eigenvalue weighted by Crippen LogP contribution is 2.35. The Balaban J connectivity index is 1.21. The second kappa shape index (κ2) is 8.03. The van der Waals surface area contributed by atoms with Crippen LogP contribution in [0.4, 0.5) is 5.69 Å². The lowest BCUT2D eigenvalue weighted by Gasteiger charge is -2.26. The predicted molar refractivity (Wildman–Crippen MR) is 118 cm³/mol. The highest BCUT2D eigenvalue weighted by atomic mass is 32.2. The van der Waals surface area contributed by atoms with Crippen molar-refractivity contribution in [3.63, 3.8) is 0 Å². The van der Waals surface area contributed by atoms with E-state index in [1.807, 2.05) is 53.5 Å². The zero-order chi connectivity index (χ0) is 21.4. The minimum atomic E-state index is -0.195. The third-order valence-electron chi connectivity index (χ3n) is 5.16. The molecule has 1 aromatic heterocycles. The summed E-state index contributed by atoms with van der Waals surface area (Å²) >= 11 is 1.45. The summed E-state index contributed by atoms with van der Waals surface area (Å²) in [6.07, 6.45) is 2.44. The van der Waals surface area contributed by atoms with E-state index in [2.05, 4.69) is 10.6 Å². The van der Waals surface area contributed by atoms with Gasteiger partial charge in [-0.25, -0.2) is 0 Å². The lowest BCUT2D eigenvalue weighted by molar-refractivity contribution is 0.0812. The normalized spacial score (nSPS) is 16.5. The van der Waals surface area contributed by atoms with Crippen molar-refractivity contribution < 1.29 is 19.1 Å². The molecule has 2 aromatic carbocycles. The van der Waals surface area contributed by atoms with E-state index in [9.17, 15) is 9.59 Å². The molecule has 2 aliphatic heterocycles. The maximum absolute atomic E-state index is 12.6. The molecule has 8 heteroatoms. The maximum atomic E-state index is 12.6. The van der Waals surface area contributed by atoms with Crippen LogP contribution in [0, 0.1) is 6.92 Å². The lowest BCUT2D eigenvalue weighted by Crippen LogP contribution is -2.34. The van der Waals surface area contributed by atoms with E-state index in [1.54, 1.807) is 12.1 Å². The fraction of sp³-hybridized carbons (Fsp3) is 0.217. The number of carbonyl (C=O) groups excluding carboxylic acids is 2. The fourth-order valence-electron chi connectivity index (χ4n) is 3.61. The standard InChI is InChI=1S/C23H21N3O4S/c1-14-10-18-23(28)25-17-11-15(6-7-21(17)31-26(18)12-14)22(27)24-9-8-16-13-29-19-4-2-3-5-20(19)30-16/h2-7,10-12,16H,8-9,13H2,1H3,(H,24,27)(H,25,28)/t16-/m1/s1. The molecule has 2 N–H and O–H groups in total. The number of para-hydroxylation sites is 2. The third kappa shape index (κ3) is 3.98. The van der Waals surface area contributed by atoms with Crippen LogP contribution < -0.4 is 20.1 Å². The fourth-order valence-corrected chi connectivity index (χ4v) is 4.61. The summed E-state index contributed by atoms with van der Waals surface area (Å²) in [6.45, 7) is 2.86. The lowest BCUT2D eigenvalue weighted by atomic mass is 10.1. The van der Waals surface area contributed by atoms with E-state index >= 15 is 0 Å². The molecule has 3 heterocycles. The highest BCUT2D eigenvalue weighted by Gasteiger charge is 2.23. The van der Waals surface area contributed by atoms with E-state index in [4.69, 9.17) is 9.47 Å². The first-order valence-electron chi connectivity index (χ1n) is 10.1. The number of amides is 2. The molecule has 1 atom stereocenters. The van der Waals surface area contributed by atoms with E-state index in [1.165, 1.54) is 11.9 Å². The van der Waals surface area contributed by atoms with Gasteiger partial charge in [0.2, 0.25) is 0 Å². The molecular weight excluding hydrogens is 414 g/mol. The van der Waals surface area contributed by atoms with Crippen LogP contribution in [0.3, 0.4) is 0 Å². The summed E-state index contributed by atoms with van der Waals surface area (Å²) in [5.74, 6) is 1.09. The first-order valence-corrected chi connectivity index (χ1v) is 10.8. The minimum absolute atomic E-state index is 0.115. The summed E-state index contributed by atoms with van der Waals surface area (Å²) < 4.78 is 13.5. The smallest absolute Gasteiger partial charge is 0.273 e. The molecule has 0 radical (unpaired) electrons. The van der Waals surface area contributed by atoms with Gasteiger partial charge in [0, 0.05) is 24.7 Å². The molecule has 31 heavy (non-hydrogen) atoms. The largest absolute Gasteiger partial charge is 0.486 e. The van der Waals surface area contributed by atoms with Gasteiger partial charge in [-0.15, -0.1) is 0 Å². The zero-order valence-corrected chi connectivity index (χ0v) is 17.7. The van der Waals surface area contributed by atoms with Gasteiger partial charge < -0.3 is 20.1 Å². The number of aromatic nitrogens is 1. The van der Waals surface area contributed by atoms with Gasteiger partial charge in [-0.2, -0.15) is 0 Å². The molecule has 3 aromatic rings. The average molecular weight is 436 g/mol. The SMILES string of the molecule is Cc1cc2n(c1)Sc1ccc(C(=O)NCC[C@@H]3COc4ccccc4O3)cc1NC2=O. The summed E-state index contributed by atoms with van der Waals surface area (Å²) in [7, 11) is 0. The molecule has 2 aliphatic rings. The molecule has 2 amide bonds. The van der Waals surface area contributed by atoms with Crippen LogP contribution in [0.25, 0.3) is 0 Å². The predicted octanol–water partition coefficient (Wildman–Crippen LogP) is 3.88. The Labute approximate surface area is 183 Å². The Kier molecular flexibility index (Phi) is 5.07. The summed E-state index contributed by atoms with van der Waals surface area (Å²) in [4.78, 5) is 26.0. The monoisotopic (exact) mass is 435 g/mol. The summed E-state index contributed by atoms with van der Waals surface area (Å²) in [5.41, 5.74) is 2.73. The van der Waals surface area contributed by atoms with Gasteiger partial charge in [-0.1, -0.05) is 12.1 Å². The highest BCUT2D eigenvalue weighted by molar-refractivity contribution is 7.98. The number of anilines is 1. The maximum Gasteiger partial charge on any atom is 0.273 e. The Morgan fingerprint density at radius 2 is 2.06 bits per heavy atom. The van der Waals surface area contributed by atoms with Gasteiger partial charge in [0.15, 0.2) is 11.5 Å². The van der Waals surface area contributed by atoms with Crippen LogP contribution in [0.1, 0.15) is 32.8 Å². The van der Waals surface area contributed by atoms with E-state index in [0.29, 0.717) is 36.5 Å². The van der Waals surface area contributed by atoms with Crippen LogP contribution in [-0.4, -0.2) is 35.0 Å². The number of hydrogen-bond acceptors (Lipinski definition) is 5. The molecule has 0 unspecified atom stereocenters. The molecule has 0 saturated carbocycles. The van der Waals surface area contributed by atoms with Gasteiger partial charge >= 0.3 is 0 Å². The molecule has 0 spiro atoms. The quantitative estimate of drug-likeness (QED) is 0.650. The first-order chi connectivity index (χ1) is 15.1. The average Bonchev–Trinajstić information content (AvgIpc) is 3.09. The van der Waals surface area contributed by atoms with Crippen LogP contribution >= 0.6 is 11.9 Å². The van der Waals surface area contributed by atoms with Crippen molar-refractivity contribution in [2.24, 2.45) is 0 Å². The number of benzene rings is 2. The van der Waals surface area contributed by atoms with Gasteiger partial charge in [0.25, 0.3) is 11.8 Å². The number of hydrogen-bond donors (Lipinski definition) is 2. The summed E-state index contributed by atoms with van der Waals surface area (Å²) in [6, 6.07) is 14.7. The van der Waals surface area contributed by atoms with Crippen molar-refractivity contribution in [1.82, 2.24) is 9.29 Å². The van der Waals surface area contributed by atoms with Crippen molar-refractivity contribution >= 4 is 29.4 Å². The van der Waals surface area contributed by atoms with Crippen molar-refractivity contribution in [2.45, 2.75) is 24.3 Å². The Bertz CT molecular complexity index is 1170. The van der Waals surface area contributed by atoms with E-state index < -0.39 is 0 Å². The molecule has 0 bridgehead atoms. The number of ether oxygens (including phenoxy) is 2. The number of nitrogens with zero attached hydrogens (tertiary/aromatic N) is 1. The van der Waals surface area contributed by atoms with Gasteiger partial charge in [-0.3, -0.25) is 13.6 Å². The zero-order valence-electron chi connectivity index (χ0n) is 16.9. The second-order valence-corrected chi connectivity index (χ2v) is 8.54. The molecule has 5 rings (SSSR count). The van der Waals surface area contributed by atoms with Gasteiger partial charge in [0.05, 0.1) is 10.6 Å². The minimum Gasteiger partial charge on any atom is -0.486 e. The van der Waals surface area contributed by atoms with Crippen molar-refractivity contribution in [3.8, 4) is 11.5 Å². The third-order valence-corrected chi connectivity index (χ3v) is 6.21. The summed E-state index contributed by atoms with van der Waals surface area (Å²) in [5, 5.41) is 5.83. The van der Waals surface area contributed by atoms with Crippen LogP contribution in [0.5, 0.6) is 11.5 Å². The Morgan fingerprint density at radius 3 is 2.94 bits per heavy atom. The van der Waals surface area contributed by atoms with Crippen LogP contribution in [0.15, 0.2) is 59.6 Å². The molecule has 158 valence electrons. The van der Waals surface area contributed by atoms with Crippen molar-refractivity contribution in [3.05, 3.63) is 71.5 Å². The number of carbonyl (C=O) groups is 2. The number of aryl methyl sites for hydroxylation is 1. The van der Waals surface area contributed by atoms with Crippen molar-refractivity contribution in [2.75, 3.05) is 18.5 Å². The van der Waals surface area contributed by atoms with E-state index in [-0.39, 0.29) is 17.9 Å².